The van der Waals surface area contributed by atoms with Gasteiger partial charge in [-0.3, -0.25) is 4.79 Å². The van der Waals surface area contributed by atoms with E-state index in [-0.39, 0.29) is 114 Å². The Morgan fingerprint density at radius 3 is 2.33 bits per heavy atom. The Morgan fingerprint density at radius 2 is 1.52 bits per heavy atom. The van der Waals surface area contributed by atoms with Crippen LogP contribution in [0.15, 0.2) is 166 Å². The number of fused-ring (bicyclic) bond motifs is 19. The van der Waals surface area contributed by atoms with Crippen molar-refractivity contribution in [2.24, 2.45) is 35.5 Å². The molecule has 0 amide bonds. The van der Waals surface area contributed by atoms with Crippen LogP contribution in [0.3, 0.4) is 0 Å². The molecule has 10 aliphatic rings. The van der Waals surface area contributed by atoms with Crippen molar-refractivity contribution in [2.45, 2.75) is 125 Å². The second-order valence-corrected chi connectivity index (χ2v) is 26.5. The first-order chi connectivity index (χ1) is 43.6. The minimum absolute atomic E-state index is 0.00522. The number of aryl methyl sites for hydroxylation is 1. The summed E-state index contributed by atoms with van der Waals surface area (Å²) >= 11 is 0. The molecule has 14 atom stereocenters. The minimum Gasteiger partial charge on any atom is -0.482 e. The summed E-state index contributed by atoms with van der Waals surface area (Å²) in [5.41, 5.74) is 9.80. The summed E-state index contributed by atoms with van der Waals surface area (Å²) in [6.45, 7) is -0.368. The first-order valence-electron chi connectivity index (χ1n) is 32.3. The Kier molecular flexibility index (Phi) is 15.1. The van der Waals surface area contributed by atoms with Gasteiger partial charge in [-0.25, -0.2) is 9.59 Å². The SMILES string of the molecule is C/C(CO)=C1\CCc2ccc(cc2)[C@@H]2C=C[C@@H](c3cccc4c3C=C[C@@H]3CCC[C@@H]5C=Cc6ccccc6[C@@]435)C[C@@H]2CC(=O)O[C@@H]2c3c(ccc4c(CO)c([C@H](CCO)COCO)c(=O)oc34)O[C@]3(CC=C[C@H]4[C@H]5C=Cc6ccccc6[C@@H]5C[C@@H]43)[C@H]2OC1=O. The van der Waals surface area contributed by atoms with Gasteiger partial charge in [0.2, 0.25) is 0 Å². The Hall–Kier alpha value is -7.71. The molecule has 3 aliphatic heterocycles. The molecule has 1 aromatic heterocycles. The molecule has 456 valence electrons. The van der Waals surface area contributed by atoms with Gasteiger partial charge in [0.05, 0.1) is 25.4 Å². The van der Waals surface area contributed by atoms with E-state index in [0.717, 1.165) is 29.5 Å². The van der Waals surface area contributed by atoms with Crippen molar-refractivity contribution in [3.8, 4) is 5.75 Å². The number of esters is 2. The molecular formula is C77H76O12. The van der Waals surface area contributed by atoms with Gasteiger partial charge in [-0.05, 0) is 161 Å². The lowest BCUT2D eigenvalue weighted by Crippen LogP contribution is -2.61. The van der Waals surface area contributed by atoms with E-state index in [0.29, 0.717) is 47.6 Å². The fourth-order valence-corrected chi connectivity index (χ4v) is 18.4. The summed E-state index contributed by atoms with van der Waals surface area (Å²) < 4.78 is 33.8. The molecule has 89 heavy (non-hydrogen) atoms. The highest BCUT2D eigenvalue weighted by molar-refractivity contribution is 5.91. The number of rotatable bonds is 9. The molecule has 0 unspecified atom stereocenters. The average molecular weight is 1190 g/mol. The van der Waals surface area contributed by atoms with Crippen LogP contribution in [0.5, 0.6) is 5.75 Å². The van der Waals surface area contributed by atoms with E-state index in [2.05, 4.69) is 146 Å². The molecule has 5 aromatic carbocycles. The third kappa shape index (κ3) is 9.36. The van der Waals surface area contributed by atoms with Crippen molar-refractivity contribution in [1.82, 2.24) is 0 Å². The number of carbonyl (C=O) groups excluding carboxylic acids is 2. The van der Waals surface area contributed by atoms with Gasteiger partial charge in [0.15, 0.2) is 17.8 Å². The number of carbonyl (C=O) groups is 2. The smallest absolute Gasteiger partial charge is 0.340 e. The van der Waals surface area contributed by atoms with Crippen LogP contribution in [0.2, 0.25) is 0 Å². The number of aliphatic hydroxyl groups is 4. The Morgan fingerprint density at radius 1 is 0.742 bits per heavy atom. The number of allylic oxidation sites excluding steroid dienone is 6. The summed E-state index contributed by atoms with van der Waals surface area (Å²) in [6, 6.07) is 36.2. The zero-order valence-electron chi connectivity index (χ0n) is 50.2. The van der Waals surface area contributed by atoms with Crippen molar-refractivity contribution in [3.05, 3.63) is 234 Å². The van der Waals surface area contributed by atoms with Gasteiger partial charge in [-0.2, -0.15) is 0 Å². The van der Waals surface area contributed by atoms with Gasteiger partial charge < -0.3 is 43.8 Å². The quantitative estimate of drug-likeness (QED) is 0.0354. The maximum Gasteiger partial charge on any atom is 0.340 e. The van der Waals surface area contributed by atoms with Crippen molar-refractivity contribution >= 4 is 41.1 Å². The lowest BCUT2D eigenvalue weighted by molar-refractivity contribution is -0.205. The number of aliphatic hydroxyl groups excluding tert-OH is 4. The van der Waals surface area contributed by atoms with Crippen molar-refractivity contribution in [1.29, 1.82) is 0 Å². The molecule has 2 bridgehead atoms. The summed E-state index contributed by atoms with van der Waals surface area (Å²) in [6.07, 6.45) is 26.1. The molecule has 7 aliphatic carbocycles. The van der Waals surface area contributed by atoms with E-state index < -0.39 is 61.3 Å². The molecule has 0 radical (unpaired) electrons. The highest BCUT2D eigenvalue weighted by Gasteiger charge is 2.65. The van der Waals surface area contributed by atoms with Crippen LogP contribution in [0.4, 0.5) is 0 Å². The molecule has 2 saturated carbocycles. The van der Waals surface area contributed by atoms with Crippen LogP contribution in [0.1, 0.15) is 161 Å². The van der Waals surface area contributed by atoms with Gasteiger partial charge in [0.25, 0.3) is 0 Å². The van der Waals surface area contributed by atoms with Gasteiger partial charge >= 0.3 is 17.6 Å². The summed E-state index contributed by atoms with van der Waals surface area (Å²) in [5.74, 6) is -1.72. The lowest BCUT2D eigenvalue weighted by Gasteiger charge is -2.53. The maximum atomic E-state index is 16.0. The second-order valence-electron chi connectivity index (χ2n) is 26.5. The average Bonchev–Trinajstić information content (AvgIpc) is 1.52. The predicted molar refractivity (Wildman–Crippen MR) is 339 cm³/mol. The maximum absolute atomic E-state index is 16.0. The zero-order chi connectivity index (χ0) is 60.7. The van der Waals surface area contributed by atoms with E-state index in [1.165, 1.54) is 39.8 Å². The lowest BCUT2D eigenvalue weighted by atomic mass is 9.49. The van der Waals surface area contributed by atoms with Crippen LogP contribution in [-0.4, -0.2) is 70.7 Å². The fraction of sp³-hybridized carbons (Fsp3) is 0.390. The third-order valence-corrected chi connectivity index (χ3v) is 22.4. The molecule has 0 saturated heterocycles. The van der Waals surface area contributed by atoms with Gasteiger partial charge in [-0.15, -0.1) is 0 Å². The fourth-order valence-electron chi connectivity index (χ4n) is 18.4. The topological polar surface area (TPSA) is 182 Å². The second kappa shape index (κ2) is 23.3. The molecule has 2 spiro atoms. The molecular weight excluding hydrogens is 1120 g/mol. The molecule has 4 N–H and O–H groups in total. The largest absolute Gasteiger partial charge is 0.482 e. The first-order valence-corrected chi connectivity index (χ1v) is 32.3. The van der Waals surface area contributed by atoms with Gasteiger partial charge in [0, 0.05) is 65.1 Å². The Balaban J connectivity index is 0.886. The molecule has 12 heteroatoms. The summed E-state index contributed by atoms with van der Waals surface area (Å²) in [7, 11) is 0. The molecule has 16 rings (SSSR count). The van der Waals surface area contributed by atoms with Crippen molar-refractivity contribution in [3.63, 3.8) is 0 Å². The van der Waals surface area contributed by atoms with Crippen LogP contribution in [0, 0.1) is 35.5 Å². The van der Waals surface area contributed by atoms with E-state index >= 15 is 9.59 Å². The third-order valence-electron chi connectivity index (χ3n) is 22.4. The van der Waals surface area contributed by atoms with E-state index in [4.69, 9.17) is 23.4 Å². The molecule has 4 heterocycles. The van der Waals surface area contributed by atoms with E-state index in [1.807, 2.05) is 6.07 Å². The predicted octanol–water partition coefficient (Wildman–Crippen LogP) is 12.9. The standard InChI is InChI=1S/C77H76O12/c1-44(40-79)54-28-20-45-18-21-47(22-19-45)55-29-25-49(57-14-7-17-65-60(57)31-27-53-12-6-11-52-26-23-48-10-3-5-16-64(48)77(52,53)65)37-51(55)38-68(82)86-72-70-67(33-32-61-63(41-80)69(75(84)87-71(61)70)50(34-36-78)42-85-43-81)89-76(73(72)88-74(54)83)35-8-15-59-58-30-24-46-9-2-4-13-56(46)62(58)39-66(59)76/h2-5,7-10,13-19,21-27,29-33,49-53,55,58-59,62,66,72-73,78-81H,6,11-12,20,28,34-43H2,1H3/b54-44-/t49-,50-,51-,52-,53+,55+,58-,59+,62+,66+,72-,73+,76+,77+/m1/s1. The normalized spacial score (nSPS) is 31.1. The summed E-state index contributed by atoms with van der Waals surface area (Å²) in [5, 5.41) is 42.5. The Bertz CT molecular complexity index is 4050. The minimum atomic E-state index is -1.42. The molecule has 2 fully saturated rings. The zero-order valence-corrected chi connectivity index (χ0v) is 50.2. The van der Waals surface area contributed by atoms with Crippen LogP contribution >= 0.6 is 0 Å². The first kappa shape index (κ1) is 57.7. The molecule has 12 nitrogen and oxygen atoms in total. The molecule has 6 aromatic rings. The van der Waals surface area contributed by atoms with Crippen molar-refractivity contribution < 1.29 is 53.4 Å². The van der Waals surface area contributed by atoms with E-state index in [1.54, 1.807) is 19.1 Å². The number of ether oxygens (including phenoxy) is 4. The number of benzene rings is 5. The Labute approximate surface area is 518 Å². The van der Waals surface area contributed by atoms with Crippen LogP contribution in [-0.2, 0) is 42.2 Å². The van der Waals surface area contributed by atoms with Crippen LogP contribution < -0.4 is 10.4 Å². The monoisotopic (exact) mass is 1190 g/mol. The highest BCUT2D eigenvalue weighted by Crippen LogP contribution is 2.63. The van der Waals surface area contributed by atoms with Gasteiger partial charge in [-0.1, -0.05) is 158 Å². The number of hydrogen-bond acceptors (Lipinski definition) is 12. The highest BCUT2D eigenvalue weighted by atomic mass is 16.6. The van der Waals surface area contributed by atoms with Crippen molar-refractivity contribution in [2.75, 3.05) is 26.6 Å². The van der Waals surface area contributed by atoms with Gasteiger partial charge in [0.1, 0.15) is 18.1 Å². The number of hydrogen-bond donors (Lipinski definition) is 4. The summed E-state index contributed by atoms with van der Waals surface area (Å²) in [4.78, 5) is 46.5. The van der Waals surface area contributed by atoms with Crippen LogP contribution in [0.25, 0.3) is 29.2 Å². The van der Waals surface area contributed by atoms with E-state index in [9.17, 15) is 25.2 Å².